The fraction of sp³-hybridized carbons (Fsp3) is 0.625. The molecule has 5 nitrogen and oxygen atoms in total. The second-order valence-electron chi connectivity index (χ2n) is 3.24. The fourth-order valence-electron chi connectivity index (χ4n) is 1.44. The first-order valence-electron chi connectivity index (χ1n) is 4.54. The van der Waals surface area contributed by atoms with E-state index in [4.69, 9.17) is 0 Å². The van der Waals surface area contributed by atoms with Crippen LogP contribution in [0.25, 0.3) is 0 Å². The molecule has 1 atom stereocenters. The summed E-state index contributed by atoms with van der Waals surface area (Å²) in [6.07, 6.45) is 0. The summed E-state index contributed by atoms with van der Waals surface area (Å²) in [5.41, 5.74) is 0. The van der Waals surface area contributed by atoms with Gasteiger partial charge in [0.05, 0.1) is 0 Å². The smallest absolute Gasteiger partial charge is 0.269 e. The molecule has 0 aromatic rings. The maximum atomic E-state index is 11.3. The predicted octanol–water partition coefficient (Wildman–Crippen LogP) is -0.0866. The van der Waals surface area contributed by atoms with Crippen LogP contribution in [0.1, 0.15) is 0 Å². The Kier molecular flexibility index (Phi) is 3.20. The number of nitrogens with one attached hydrogen (secondary N) is 1. The molecule has 15 heavy (non-hydrogen) atoms. The highest BCUT2D eigenvalue weighted by atomic mass is 32.2. The van der Waals surface area contributed by atoms with Crippen LogP contribution in [0, 0.1) is 0 Å². The van der Waals surface area contributed by atoms with Crippen molar-refractivity contribution >= 4 is 41.4 Å². The van der Waals surface area contributed by atoms with E-state index < -0.39 is 17.8 Å². The first kappa shape index (κ1) is 10.8. The summed E-state index contributed by atoms with van der Waals surface area (Å²) in [5.74, 6) is 1.54. The third kappa shape index (κ3) is 2.28. The number of imide groups is 2. The van der Waals surface area contributed by atoms with Gasteiger partial charge in [0.2, 0.25) is 0 Å². The average Bonchev–Trinajstić information content (AvgIpc) is 2.47. The van der Waals surface area contributed by atoms with Gasteiger partial charge in [0, 0.05) is 29.1 Å². The molecule has 2 aliphatic rings. The molecule has 2 rings (SSSR count). The van der Waals surface area contributed by atoms with Crippen molar-refractivity contribution in [3.8, 4) is 0 Å². The van der Waals surface area contributed by atoms with Gasteiger partial charge in [-0.25, -0.2) is 4.79 Å². The highest BCUT2D eigenvalue weighted by Crippen LogP contribution is 2.25. The van der Waals surface area contributed by atoms with Crippen molar-refractivity contribution in [3.05, 3.63) is 0 Å². The van der Waals surface area contributed by atoms with Crippen molar-refractivity contribution in [3.63, 3.8) is 0 Å². The Morgan fingerprint density at radius 1 is 1.33 bits per heavy atom. The molecule has 1 N–H and O–H groups in total. The van der Waals surface area contributed by atoms with E-state index in [2.05, 4.69) is 0 Å². The Labute approximate surface area is 95.3 Å². The third-order valence-electron chi connectivity index (χ3n) is 2.18. The zero-order chi connectivity index (χ0) is 10.8. The maximum Gasteiger partial charge on any atom is 0.331 e. The molecule has 2 aliphatic heterocycles. The summed E-state index contributed by atoms with van der Waals surface area (Å²) in [7, 11) is 0. The van der Waals surface area contributed by atoms with Crippen molar-refractivity contribution in [1.82, 2.24) is 10.2 Å². The van der Waals surface area contributed by atoms with Crippen LogP contribution in [0.2, 0.25) is 0 Å². The Morgan fingerprint density at radius 2 is 2.13 bits per heavy atom. The standard InChI is InChI=1S/C8H10N2O3S2/c11-6-7(12)10(8(13)9-6)3-5-4-14-1-2-15-5/h5H,1-4H2,(H,9,11,13). The highest BCUT2D eigenvalue weighted by molar-refractivity contribution is 8.06. The van der Waals surface area contributed by atoms with Crippen molar-refractivity contribution in [1.29, 1.82) is 0 Å². The zero-order valence-electron chi connectivity index (χ0n) is 7.89. The molecule has 0 saturated carbocycles. The molecule has 0 spiro atoms. The molecule has 2 heterocycles. The summed E-state index contributed by atoms with van der Waals surface area (Å²) < 4.78 is 0. The van der Waals surface area contributed by atoms with Crippen LogP contribution in [0.3, 0.4) is 0 Å². The molecule has 0 aromatic carbocycles. The summed E-state index contributed by atoms with van der Waals surface area (Å²) in [6, 6.07) is -0.582. The number of nitrogens with zero attached hydrogens (tertiary/aromatic N) is 1. The minimum absolute atomic E-state index is 0.254. The summed E-state index contributed by atoms with van der Waals surface area (Å²) in [5, 5.41) is 2.24. The van der Waals surface area contributed by atoms with E-state index in [0.717, 1.165) is 22.2 Å². The van der Waals surface area contributed by atoms with Crippen LogP contribution < -0.4 is 5.32 Å². The Morgan fingerprint density at radius 3 is 2.67 bits per heavy atom. The van der Waals surface area contributed by atoms with Crippen molar-refractivity contribution in [2.75, 3.05) is 23.8 Å². The minimum Gasteiger partial charge on any atom is -0.269 e. The van der Waals surface area contributed by atoms with Crippen molar-refractivity contribution in [2.24, 2.45) is 0 Å². The van der Waals surface area contributed by atoms with Gasteiger partial charge in [-0.15, -0.1) is 0 Å². The first-order valence-corrected chi connectivity index (χ1v) is 6.75. The van der Waals surface area contributed by atoms with Gasteiger partial charge >= 0.3 is 17.8 Å². The number of thioether (sulfide) groups is 2. The van der Waals surface area contributed by atoms with Crippen LogP contribution in [0.15, 0.2) is 0 Å². The van der Waals surface area contributed by atoms with Gasteiger partial charge in [-0.05, 0) is 0 Å². The van der Waals surface area contributed by atoms with E-state index in [1.807, 2.05) is 17.1 Å². The molecule has 1 unspecified atom stereocenters. The maximum absolute atomic E-state index is 11.3. The lowest BCUT2D eigenvalue weighted by Crippen LogP contribution is -2.38. The molecular formula is C8H10N2O3S2. The van der Waals surface area contributed by atoms with E-state index in [9.17, 15) is 14.4 Å². The summed E-state index contributed by atoms with van der Waals surface area (Å²) in [6.45, 7) is 0.341. The quantitative estimate of drug-likeness (QED) is 0.545. The molecule has 2 saturated heterocycles. The van der Waals surface area contributed by atoms with Crippen LogP contribution in [0.5, 0.6) is 0 Å². The zero-order valence-corrected chi connectivity index (χ0v) is 9.53. The van der Waals surface area contributed by atoms with E-state index >= 15 is 0 Å². The van der Waals surface area contributed by atoms with Crippen LogP contribution in [-0.2, 0) is 9.59 Å². The lowest BCUT2D eigenvalue weighted by Gasteiger charge is -2.23. The van der Waals surface area contributed by atoms with E-state index in [0.29, 0.717) is 6.54 Å². The second kappa shape index (κ2) is 4.44. The molecule has 2 fully saturated rings. The van der Waals surface area contributed by atoms with Crippen LogP contribution >= 0.6 is 23.5 Å². The van der Waals surface area contributed by atoms with Crippen molar-refractivity contribution in [2.45, 2.75) is 5.25 Å². The average molecular weight is 246 g/mol. The van der Waals surface area contributed by atoms with Gasteiger partial charge in [-0.1, -0.05) is 0 Å². The Bertz CT molecular complexity index is 315. The number of amides is 4. The molecule has 0 aliphatic carbocycles. The SMILES string of the molecule is O=C1NC(=O)N(CC2CSCCS2)C1=O. The van der Waals surface area contributed by atoms with E-state index in [-0.39, 0.29) is 5.25 Å². The van der Waals surface area contributed by atoms with Crippen LogP contribution in [0.4, 0.5) is 4.79 Å². The molecule has 0 bridgehead atoms. The highest BCUT2D eigenvalue weighted by Gasteiger charge is 2.38. The monoisotopic (exact) mass is 246 g/mol. The summed E-state index contributed by atoms with van der Waals surface area (Å²) in [4.78, 5) is 34.4. The first-order chi connectivity index (χ1) is 7.18. The Hall–Kier alpha value is -0.690. The number of carbonyl (C=O) groups excluding carboxylic acids is 3. The van der Waals surface area contributed by atoms with Gasteiger partial charge < -0.3 is 0 Å². The van der Waals surface area contributed by atoms with Gasteiger partial charge in [0.25, 0.3) is 0 Å². The molecule has 82 valence electrons. The van der Waals surface area contributed by atoms with Crippen LogP contribution in [-0.4, -0.2) is 51.8 Å². The normalized spacial score (nSPS) is 27.1. The van der Waals surface area contributed by atoms with Gasteiger partial charge in [-0.3, -0.25) is 19.8 Å². The summed E-state index contributed by atoms with van der Waals surface area (Å²) >= 11 is 3.56. The minimum atomic E-state index is -0.812. The number of hydrogen-bond donors (Lipinski definition) is 1. The Balaban J connectivity index is 1.95. The third-order valence-corrected chi connectivity index (χ3v) is 5.00. The fourth-order valence-corrected chi connectivity index (χ4v) is 4.10. The molecule has 0 radical (unpaired) electrons. The number of carbonyl (C=O) groups is 3. The second-order valence-corrected chi connectivity index (χ2v) is 5.80. The topological polar surface area (TPSA) is 66.5 Å². The van der Waals surface area contributed by atoms with E-state index in [1.165, 1.54) is 0 Å². The van der Waals surface area contributed by atoms with Gasteiger partial charge in [0.15, 0.2) is 0 Å². The molecular weight excluding hydrogens is 236 g/mol. The molecule has 4 amide bonds. The molecule has 7 heteroatoms. The van der Waals surface area contributed by atoms with Gasteiger partial charge in [-0.2, -0.15) is 23.5 Å². The van der Waals surface area contributed by atoms with E-state index in [1.54, 1.807) is 11.8 Å². The van der Waals surface area contributed by atoms with Crippen molar-refractivity contribution < 1.29 is 14.4 Å². The molecule has 0 aromatic heterocycles. The predicted molar refractivity (Wildman–Crippen MR) is 58.8 cm³/mol. The number of rotatable bonds is 2. The van der Waals surface area contributed by atoms with Gasteiger partial charge in [0.1, 0.15) is 0 Å². The largest absolute Gasteiger partial charge is 0.331 e. The lowest BCUT2D eigenvalue weighted by atomic mass is 10.4. The number of hydrogen-bond acceptors (Lipinski definition) is 5. The number of urea groups is 1. The lowest BCUT2D eigenvalue weighted by molar-refractivity contribution is -0.140.